The molecule has 2 aromatic carbocycles. The summed E-state index contributed by atoms with van der Waals surface area (Å²) in [5, 5.41) is 6.15. The van der Waals surface area contributed by atoms with E-state index < -0.39 is 0 Å². The maximum atomic E-state index is 12.7. The number of benzene rings is 2. The van der Waals surface area contributed by atoms with E-state index >= 15 is 0 Å². The number of hydrogen-bond acceptors (Lipinski definition) is 4. The van der Waals surface area contributed by atoms with Crippen molar-refractivity contribution >= 4 is 57.2 Å². The van der Waals surface area contributed by atoms with Crippen LogP contribution in [-0.2, 0) is 4.79 Å². The molecule has 28 heavy (non-hydrogen) atoms. The molecular formula is C20H15Cl2N3O2S. The van der Waals surface area contributed by atoms with Crippen molar-refractivity contribution in [3.05, 3.63) is 63.5 Å². The zero-order valence-electron chi connectivity index (χ0n) is 14.6. The van der Waals surface area contributed by atoms with Crippen molar-refractivity contribution in [1.82, 2.24) is 4.98 Å². The van der Waals surface area contributed by atoms with E-state index in [9.17, 15) is 9.59 Å². The Morgan fingerprint density at radius 1 is 1.14 bits per heavy atom. The molecule has 1 N–H and O–H groups in total. The van der Waals surface area contributed by atoms with Crippen molar-refractivity contribution in [2.75, 3.05) is 16.8 Å². The van der Waals surface area contributed by atoms with E-state index in [4.69, 9.17) is 23.2 Å². The van der Waals surface area contributed by atoms with Gasteiger partial charge in [-0.3, -0.25) is 14.9 Å². The first-order valence-corrected chi connectivity index (χ1v) is 10.3. The van der Waals surface area contributed by atoms with Crippen LogP contribution in [0, 0.1) is 0 Å². The lowest BCUT2D eigenvalue weighted by molar-refractivity contribution is -0.117. The van der Waals surface area contributed by atoms with Gasteiger partial charge < -0.3 is 4.90 Å². The average Bonchev–Trinajstić information content (AvgIpc) is 3.31. The van der Waals surface area contributed by atoms with Crippen LogP contribution < -0.4 is 10.2 Å². The van der Waals surface area contributed by atoms with Gasteiger partial charge >= 0.3 is 0 Å². The molecule has 0 saturated carbocycles. The number of thiazole rings is 1. The van der Waals surface area contributed by atoms with Crippen molar-refractivity contribution in [1.29, 1.82) is 0 Å². The highest BCUT2D eigenvalue weighted by Crippen LogP contribution is 2.32. The molecule has 0 unspecified atom stereocenters. The highest BCUT2D eigenvalue weighted by atomic mass is 35.5. The highest BCUT2D eigenvalue weighted by Gasteiger charge is 2.24. The van der Waals surface area contributed by atoms with Crippen LogP contribution in [0.2, 0.25) is 10.0 Å². The maximum Gasteiger partial charge on any atom is 0.257 e. The lowest BCUT2D eigenvalue weighted by atomic mass is 10.1. The Labute approximate surface area is 175 Å². The lowest BCUT2D eigenvalue weighted by Gasteiger charge is -2.18. The Kier molecular flexibility index (Phi) is 5.35. The van der Waals surface area contributed by atoms with E-state index in [0.29, 0.717) is 45.1 Å². The average molecular weight is 432 g/mol. The van der Waals surface area contributed by atoms with Crippen LogP contribution in [0.5, 0.6) is 0 Å². The van der Waals surface area contributed by atoms with Crippen molar-refractivity contribution in [2.45, 2.75) is 12.8 Å². The molecule has 1 aliphatic rings. The molecule has 1 aliphatic heterocycles. The number of anilines is 2. The molecule has 2 amide bonds. The number of halogens is 2. The van der Waals surface area contributed by atoms with E-state index in [2.05, 4.69) is 10.3 Å². The van der Waals surface area contributed by atoms with Gasteiger partial charge in [-0.2, -0.15) is 0 Å². The first kappa shape index (κ1) is 18.9. The number of aromatic nitrogens is 1. The first-order valence-electron chi connectivity index (χ1n) is 8.64. The molecule has 5 nitrogen and oxygen atoms in total. The summed E-state index contributed by atoms with van der Waals surface area (Å²) in [7, 11) is 0. The lowest BCUT2D eigenvalue weighted by Crippen LogP contribution is -2.24. The number of carbonyl (C=O) groups excluding carboxylic acids is 2. The Morgan fingerprint density at radius 3 is 2.71 bits per heavy atom. The summed E-state index contributed by atoms with van der Waals surface area (Å²) in [6, 6.07) is 12.3. The van der Waals surface area contributed by atoms with Crippen molar-refractivity contribution < 1.29 is 9.59 Å². The standard InChI is InChI=1S/C20H15Cl2N3O2S/c21-14-5-2-1-4-13(14)16-11-28-20(23-16)24-19(27)12-7-8-15(22)17(10-12)25-9-3-6-18(25)26/h1-2,4-5,7-8,10-11H,3,6,9H2,(H,23,24,27). The monoisotopic (exact) mass is 431 g/mol. The van der Waals surface area contributed by atoms with Crippen LogP contribution in [0.15, 0.2) is 47.8 Å². The van der Waals surface area contributed by atoms with Crippen LogP contribution in [0.25, 0.3) is 11.3 Å². The van der Waals surface area contributed by atoms with E-state index in [1.54, 1.807) is 29.2 Å². The summed E-state index contributed by atoms with van der Waals surface area (Å²) in [6.07, 6.45) is 1.28. The molecule has 1 aromatic heterocycles. The zero-order valence-corrected chi connectivity index (χ0v) is 16.9. The number of carbonyl (C=O) groups is 2. The number of rotatable bonds is 4. The normalized spacial score (nSPS) is 13.8. The van der Waals surface area contributed by atoms with Crippen LogP contribution in [-0.4, -0.2) is 23.3 Å². The molecule has 0 bridgehead atoms. The second-order valence-electron chi connectivity index (χ2n) is 6.29. The topological polar surface area (TPSA) is 62.3 Å². The molecular weight excluding hydrogens is 417 g/mol. The summed E-state index contributed by atoms with van der Waals surface area (Å²) >= 11 is 13.8. The predicted octanol–water partition coefficient (Wildman–Crippen LogP) is 5.50. The highest BCUT2D eigenvalue weighted by molar-refractivity contribution is 7.14. The summed E-state index contributed by atoms with van der Waals surface area (Å²) in [5.74, 6) is -0.298. The fourth-order valence-corrected chi connectivity index (χ4v) is 4.21. The number of amides is 2. The molecule has 0 radical (unpaired) electrons. The number of nitrogens with zero attached hydrogens (tertiary/aromatic N) is 2. The molecule has 4 rings (SSSR count). The van der Waals surface area contributed by atoms with Gasteiger partial charge in [0.25, 0.3) is 5.91 Å². The van der Waals surface area contributed by atoms with Crippen molar-refractivity contribution in [3.8, 4) is 11.3 Å². The fraction of sp³-hybridized carbons (Fsp3) is 0.150. The van der Waals surface area contributed by atoms with Crippen LogP contribution >= 0.6 is 34.5 Å². The summed E-state index contributed by atoms with van der Waals surface area (Å²) in [5.41, 5.74) is 2.48. The van der Waals surface area contributed by atoms with Gasteiger partial charge in [-0.15, -0.1) is 11.3 Å². The van der Waals surface area contributed by atoms with Gasteiger partial charge in [0.1, 0.15) is 0 Å². The smallest absolute Gasteiger partial charge is 0.257 e. The van der Waals surface area contributed by atoms with Crippen LogP contribution in [0.4, 0.5) is 10.8 Å². The third-order valence-corrected chi connectivity index (χ3v) is 5.85. The van der Waals surface area contributed by atoms with Gasteiger partial charge in [-0.25, -0.2) is 4.98 Å². The second-order valence-corrected chi connectivity index (χ2v) is 7.96. The third kappa shape index (κ3) is 3.76. The maximum absolute atomic E-state index is 12.7. The quantitative estimate of drug-likeness (QED) is 0.593. The molecule has 0 spiro atoms. The SMILES string of the molecule is O=C(Nc1nc(-c2ccccc2Cl)cs1)c1ccc(Cl)c(N2CCCC2=O)c1. The first-order chi connectivity index (χ1) is 13.5. The fourth-order valence-electron chi connectivity index (χ4n) is 3.06. The van der Waals surface area contributed by atoms with Crippen molar-refractivity contribution in [3.63, 3.8) is 0 Å². The Morgan fingerprint density at radius 2 is 1.96 bits per heavy atom. The van der Waals surface area contributed by atoms with Gasteiger partial charge in [0.2, 0.25) is 5.91 Å². The summed E-state index contributed by atoms with van der Waals surface area (Å²) in [6.45, 7) is 0.608. The Balaban J connectivity index is 1.55. The number of nitrogens with one attached hydrogen (secondary N) is 1. The van der Waals surface area contributed by atoms with Gasteiger partial charge in [0.05, 0.1) is 16.4 Å². The largest absolute Gasteiger partial charge is 0.311 e. The molecule has 3 aromatic rings. The minimum absolute atomic E-state index is 0.0174. The van der Waals surface area contributed by atoms with Gasteiger partial charge in [-0.1, -0.05) is 41.4 Å². The molecule has 0 atom stereocenters. The minimum atomic E-state index is -0.315. The van der Waals surface area contributed by atoms with E-state index in [-0.39, 0.29) is 11.8 Å². The number of hydrogen-bond donors (Lipinski definition) is 1. The Hall–Kier alpha value is -2.41. The van der Waals surface area contributed by atoms with Crippen molar-refractivity contribution in [2.24, 2.45) is 0 Å². The van der Waals surface area contributed by atoms with E-state index in [0.717, 1.165) is 12.0 Å². The van der Waals surface area contributed by atoms with Crippen LogP contribution in [0.3, 0.4) is 0 Å². The van der Waals surface area contributed by atoms with Crippen LogP contribution in [0.1, 0.15) is 23.2 Å². The Bertz CT molecular complexity index is 1070. The van der Waals surface area contributed by atoms with Gasteiger partial charge in [-0.05, 0) is 30.7 Å². The van der Waals surface area contributed by atoms with E-state index in [1.807, 2.05) is 23.6 Å². The molecule has 0 aliphatic carbocycles. The molecule has 1 saturated heterocycles. The van der Waals surface area contributed by atoms with E-state index in [1.165, 1.54) is 11.3 Å². The molecule has 142 valence electrons. The zero-order chi connectivity index (χ0) is 19.7. The predicted molar refractivity (Wildman–Crippen MR) is 114 cm³/mol. The second kappa shape index (κ2) is 7.91. The molecule has 2 heterocycles. The van der Waals surface area contributed by atoms with Gasteiger partial charge in [0, 0.05) is 34.5 Å². The summed E-state index contributed by atoms with van der Waals surface area (Å²) < 4.78 is 0. The minimum Gasteiger partial charge on any atom is -0.311 e. The molecule has 8 heteroatoms. The summed E-state index contributed by atoms with van der Waals surface area (Å²) in [4.78, 5) is 30.8. The van der Waals surface area contributed by atoms with Gasteiger partial charge in [0.15, 0.2) is 5.13 Å². The third-order valence-electron chi connectivity index (χ3n) is 4.45. The molecule has 1 fully saturated rings.